The van der Waals surface area contributed by atoms with Crippen LogP contribution in [0.3, 0.4) is 0 Å². The molecular formula is C11H18N2O. The first kappa shape index (κ1) is 11.1. The minimum Gasteiger partial charge on any atom is -0.380 e. The minimum atomic E-state index is 0.337. The third-order valence-electron chi connectivity index (χ3n) is 2.09. The van der Waals surface area contributed by atoms with Gasteiger partial charge in [0.1, 0.15) is 0 Å². The second-order valence-corrected chi connectivity index (χ2v) is 3.16. The number of pyridine rings is 1. The maximum absolute atomic E-state index is 5.24. The third kappa shape index (κ3) is 3.85. The van der Waals surface area contributed by atoms with Crippen LogP contribution in [-0.4, -0.2) is 24.7 Å². The smallest absolute Gasteiger partial charge is 0.0590 e. The summed E-state index contributed by atoms with van der Waals surface area (Å²) in [5, 5.41) is 3.37. The van der Waals surface area contributed by atoms with Crippen LogP contribution >= 0.6 is 0 Å². The Labute approximate surface area is 85.5 Å². The number of ether oxygens (including phenoxy) is 1. The van der Waals surface area contributed by atoms with Crippen molar-refractivity contribution in [1.82, 2.24) is 10.3 Å². The molecule has 1 aromatic rings. The molecule has 0 spiro atoms. The lowest BCUT2D eigenvalue weighted by molar-refractivity contribution is 0.147. The maximum atomic E-state index is 5.24. The largest absolute Gasteiger partial charge is 0.380 e. The van der Waals surface area contributed by atoms with Gasteiger partial charge in [-0.15, -0.1) is 0 Å². The molecule has 0 aliphatic heterocycles. The topological polar surface area (TPSA) is 34.1 Å². The summed E-state index contributed by atoms with van der Waals surface area (Å²) in [6, 6.07) is 4.37. The third-order valence-corrected chi connectivity index (χ3v) is 2.09. The van der Waals surface area contributed by atoms with Gasteiger partial charge in [0.25, 0.3) is 0 Å². The second-order valence-electron chi connectivity index (χ2n) is 3.16. The fourth-order valence-electron chi connectivity index (χ4n) is 1.24. The Morgan fingerprint density at radius 1 is 1.57 bits per heavy atom. The summed E-state index contributed by atoms with van der Waals surface area (Å²) in [6.45, 7) is 6.56. The first-order valence-electron chi connectivity index (χ1n) is 5.05. The van der Waals surface area contributed by atoms with Crippen LogP contribution in [0.1, 0.15) is 25.5 Å². The van der Waals surface area contributed by atoms with Crippen LogP contribution < -0.4 is 5.32 Å². The molecule has 3 nitrogen and oxygen atoms in total. The van der Waals surface area contributed by atoms with Gasteiger partial charge in [-0.25, -0.2) is 0 Å². The lowest BCUT2D eigenvalue weighted by atomic mass is 10.1. The summed E-state index contributed by atoms with van der Waals surface area (Å²) < 4.78 is 5.24. The molecule has 1 heterocycles. The lowest BCUT2D eigenvalue weighted by Gasteiger charge is -2.13. The zero-order chi connectivity index (χ0) is 10.2. The summed E-state index contributed by atoms with van der Waals surface area (Å²) in [6.07, 6.45) is 3.68. The van der Waals surface area contributed by atoms with Crippen LogP contribution in [0, 0.1) is 0 Å². The average Bonchev–Trinajstić information content (AvgIpc) is 2.25. The van der Waals surface area contributed by atoms with Gasteiger partial charge in [0.2, 0.25) is 0 Å². The van der Waals surface area contributed by atoms with Gasteiger partial charge < -0.3 is 10.1 Å². The standard InChI is InChI=1S/C11H18N2O/c1-3-14-8-7-13-10(2)11-5-4-6-12-9-11/h4-6,9-10,13H,3,7-8H2,1-2H3. The van der Waals surface area contributed by atoms with Crippen LogP contribution in [-0.2, 0) is 4.74 Å². The van der Waals surface area contributed by atoms with Crippen molar-refractivity contribution in [3.63, 3.8) is 0 Å². The molecular weight excluding hydrogens is 176 g/mol. The van der Waals surface area contributed by atoms with E-state index < -0.39 is 0 Å². The van der Waals surface area contributed by atoms with E-state index in [4.69, 9.17) is 4.74 Å². The molecule has 0 bridgehead atoms. The average molecular weight is 194 g/mol. The first-order chi connectivity index (χ1) is 6.84. The summed E-state index contributed by atoms with van der Waals surface area (Å²) in [4.78, 5) is 4.08. The predicted molar refractivity (Wildman–Crippen MR) is 57.1 cm³/mol. The van der Waals surface area contributed by atoms with Crippen LogP contribution in [0.4, 0.5) is 0 Å². The van der Waals surface area contributed by atoms with Crippen molar-refractivity contribution in [2.24, 2.45) is 0 Å². The predicted octanol–water partition coefficient (Wildman–Crippen LogP) is 1.77. The van der Waals surface area contributed by atoms with Gasteiger partial charge in [-0.05, 0) is 25.5 Å². The molecule has 0 amide bonds. The maximum Gasteiger partial charge on any atom is 0.0590 e. The second kappa shape index (κ2) is 6.51. The van der Waals surface area contributed by atoms with Crippen LogP contribution in [0.25, 0.3) is 0 Å². The number of nitrogens with one attached hydrogen (secondary N) is 1. The van der Waals surface area contributed by atoms with E-state index in [9.17, 15) is 0 Å². The molecule has 0 saturated heterocycles. The number of hydrogen-bond donors (Lipinski definition) is 1. The molecule has 78 valence electrons. The summed E-state index contributed by atoms with van der Waals surface area (Å²) in [7, 11) is 0. The Morgan fingerprint density at radius 2 is 2.43 bits per heavy atom. The Balaban J connectivity index is 2.25. The molecule has 14 heavy (non-hydrogen) atoms. The Morgan fingerprint density at radius 3 is 3.07 bits per heavy atom. The quantitative estimate of drug-likeness (QED) is 0.701. The van der Waals surface area contributed by atoms with Crippen molar-refractivity contribution in [1.29, 1.82) is 0 Å². The molecule has 0 aliphatic carbocycles. The minimum absolute atomic E-state index is 0.337. The van der Waals surface area contributed by atoms with Gasteiger partial charge in [-0.3, -0.25) is 4.98 Å². The van der Waals surface area contributed by atoms with Gasteiger partial charge in [0.15, 0.2) is 0 Å². The zero-order valence-corrected chi connectivity index (χ0v) is 8.86. The van der Waals surface area contributed by atoms with E-state index in [2.05, 4.69) is 23.3 Å². The van der Waals surface area contributed by atoms with Crippen LogP contribution in [0.5, 0.6) is 0 Å². The first-order valence-corrected chi connectivity index (χ1v) is 5.05. The SMILES string of the molecule is CCOCCNC(C)c1cccnc1. The van der Waals surface area contributed by atoms with Crippen molar-refractivity contribution in [2.75, 3.05) is 19.8 Å². The summed E-state index contributed by atoms with van der Waals surface area (Å²) in [5.41, 5.74) is 1.21. The molecule has 0 aromatic carbocycles. The van der Waals surface area contributed by atoms with Gasteiger partial charge in [-0.1, -0.05) is 6.07 Å². The Hall–Kier alpha value is -0.930. The monoisotopic (exact) mass is 194 g/mol. The summed E-state index contributed by atoms with van der Waals surface area (Å²) in [5.74, 6) is 0. The fraction of sp³-hybridized carbons (Fsp3) is 0.545. The number of rotatable bonds is 6. The van der Waals surface area contributed by atoms with Gasteiger partial charge in [0, 0.05) is 31.6 Å². The van der Waals surface area contributed by atoms with Crippen molar-refractivity contribution in [2.45, 2.75) is 19.9 Å². The van der Waals surface area contributed by atoms with E-state index in [1.165, 1.54) is 5.56 Å². The van der Waals surface area contributed by atoms with E-state index in [0.717, 1.165) is 19.8 Å². The van der Waals surface area contributed by atoms with Crippen molar-refractivity contribution >= 4 is 0 Å². The van der Waals surface area contributed by atoms with E-state index >= 15 is 0 Å². The molecule has 3 heteroatoms. The highest BCUT2D eigenvalue weighted by molar-refractivity contribution is 5.12. The van der Waals surface area contributed by atoms with E-state index in [0.29, 0.717) is 6.04 Å². The number of hydrogen-bond acceptors (Lipinski definition) is 3. The highest BCUT2D eigenvalue weighted by Gasteiger charge is 2.02. The van der Waals surface area contributed by atoms with Gasteiger partial charge in [0.05, 0.1) is 6.61 Å². The Kier molecular flexibility index (Phi) is 5.19. The van der Waals surface area contributed by atoms with E-state index in [-0.39, 0.29) is 0 Å². The van der Waals surface area contributed by atoms with Crippen LogP contribution in [0.15, 0.2) is 24.5 Å². The molecule has 1 unspecified atom stereocenters. The highest BCUT2D eigenvalue weighted by atomic mass is 16.5. The summed E-state index contributed by atoms with van der Waals surface area (Å²) >= 11 is 0. The molecule has 0 radical (unpaired) electrons. The van der Waals surface area contributed by atoms with Crippen molar-refractivity contribution in [3.05, 3.63) is 30.1 Å². The number of nitrogens with zero attached hydrogens (tertiary/aromatic N) is 1. The molecule has 1 N–H and O–H groups in total. The molecule has 0 fully saturated rings. The zero-order valence-electron chi connectivity index (χ0n) is 8.86. The van der Waals surface area contributed by atoms with Gasteiger partial charge in [-0.2, -0.15) is 0 Å². The fourth-order valence-corrected chi connectivity index (χ4v) is 1.24. The molecule has 0 aliphatic rings. The molecule has 0 saturated carbocycles. The number of aromatic nitrogens is 1. The van der Waals surface area contributed by atoms with Crippen molar-refractivity contribution in [3.8, 4) is 0 Å². The van der Waals surface area contributed by atoms with Crippen molar-refractivity contribution < 1.29 is 4.74 Å². The molecule has 1 rings (SSSR count). The van der Waals surface area contributed by atoms with E-state index in [1.54, 1.807) is 6.20 Å². The molecule has 1 atom stereocenters. The molecule has 1 aromatic heterocycles. The van der Waals surface area contributed by atoms with E-state index in [1.807, 2.05) is 19.2 Å². The normalized spacial score (nSPS) is 12.7. The highest BCUT2D eigenvalue weighted by Crippen LogP contribution is 2.08. The van der Waals surface area contributed by atoms with Gasteiger partial charge >= 0.3 is 0 Å². The lowest BCUT2D eigenvalue weighted by Crippen LogP contribution is -2.23. The Bertz CT molecular complexity index is 238. The van der Waals surface area contributed by atoms with Crippen LogP contribution in [0.2, 0.25) is 0 Å².